The van der Waals surface area contributed by atoms with E-state index in [1.54, 1.807) is 12.4 Å². The lowest BCUT2D eigenvalue weighted by atomic mass is 10.2. The number of aromatic nitrogens is 3. The molecule has 0 amide bonds. The van der Waals surface area contributed by atoms with E-state index in [1.807, 2.05) is 10.6 Å². The average Bonchev–Trinajstić information content (AvgIpc) is 2.56. The van der Waals surface area contributed by atoms with Crippen LogP contribution in [0.4, 0.5) is 0 Å². The summed E-state index contributed by atoms with van der Waals surface area (Å²) in [5, 5.41) is 0. The molecule has 0 aromatic carbocycles. The predicted octanol–water partition coefficient (Wildman–Crippen LogP) is 2.06. The number of carbonyl (C=O) groups is 1. The minimum atomic E-state index is -0.0209. The molecule has 2 rings (SSSR count). The van der Waals surface area contributed by atoms with Gasteiger partial charge in [-0.2, -0.15) is 0 Å². The Balaban J connectivity index is 2.79. The van der Waals surface area contributed by atoms with Crippen molar-refractivity contribution in [3.8, 4) is 0 Å². The summed E-state index contributed by atoms with van der Waals surface area (Å²) in [7, 11) is 0. The number of imidazole rings is 1. The second-order valence-corrected chi connectivity index (χ2v) is 3.86. The van der Waals surface area contributed by atoms with Crippen molar-refractivity contribution >= 4 is 11.3 Å². The Kier molecular flexibility index (Phi) is 2.26. The SMILES string of the molecule is CC(=O)c1nc(C(C)C)n2ccncc12. The number of rotatable bonds is 2. The van der Waals surface area contributed by atoms with Crippen LogP contribution in [0.1, 0.15) is 43.0 Å². The fourth-order valence-electron chi connectivity index (χ4n) is 1.63. The zero-order chi connectivity index (χ0) is 11.0. The molecule has 0 radical (unpaired) electrons. The van der Waals surface area contributed by atoms with Gasteiger partial charge >= 0.3 is 0 Å². The fraction of sp³-hybridized carbons (Fsp3) is 0.364. The minimum Gasteiger partial charge on any atom is -0.300 e. The summed E-state index contributed by atoms with van der Waals surface area (Å²) in [5.41, 5.74) is 1.29. The molecule has 0 aliphatic carbocycles. The van der Waals surface area contributed by atoms with Crippen LogP contribution in [0.2, 0.25) is 0 Å². The lowest BCUT2D eigenvalue weighted by molar-refractivity contribution is 0.101. The van der Waals surface area contributed by atoms with Gasteiger partial charge in [0.15, 0.2) is 5.78 Å². The van der Waals surface area contributed by atoms with E-state index in [0.717, 1.165) is 11.3 Å². The molecule has 0 spiro atoms. The maximum atomic E-state index is 11.4. The smallest absolute Gasteiger partial charge is 0.180 e. The highest BCUT2D eigenvalue weighted by atomic mass is 16.1. The van der Waals surface area contributed by atoms with Crippen LogP contribution in [0.3, 0.4) is 0 Å². The summed E-state index contributed by atoms with van der Waals surface area (Å²) in [4.78, 5) is 19.8. The van der Waals surface area contributed by atoms with Crippen LogP contribution < -0.4 is 0 Å². The van der Waals surface area contributed by atoms with Crippen molar-refractivity contribution < 1.29 is 4.79 Å². The molecule has 2 aromatic rings. The molecule has 78 valence electrons. The maximum Gasteiger partial charge on any atom is 0.180 e. The maximum absolute atomic E-state index is 11.4. The Morgan fingerprint density at radius 2 is 2.20 bits per heavy atom. The van der Waals surface area contributed by atoms with Crippen molar-refractivity contribution in [1.29, 1.82) is 0 Å². The van der Waals surface area contributed by atoms with E-state index in [1.165, 1.54) is 6.92 Å². The molecular formula is C11H13N3O. The van der Waals surface area contributed by atoms with Gasteiger partial charge in [0.2, 0.25) is 0 Å². The molecule has 0 saturated carbocycles. The van der Waals surface area contributed by atoms with Gasteiger partial charge in [-0.15, -0.1) is 0 Å². The lowest BCUT2D eigenvalue weighted by Gasteiger charge is -2.02. The Hall–Kier alpha value is -1.71. The van der Waals surface area contributed by atoms with Gasteiger partial charge in [0.05, 0.1) is 11.7 Å². The van der Waals surface area contributed by atoms with Crippen LogP contribution >= 0.6 is 0 Å². The third-order valence-corrected chi connectivity index (χ3v) is 2.32. The number of nitrogens with zero attached hydrogens (tertiary/aromatic N) is 3. The van der Waals surface area contributed by atoms with Crippen molar-refractivity contribution in [2.45, 2.75) is 26.7 Å². The van der Waals surface area contributed by atoms with Gasteiger partial charge in [-0.1, -0.05) is 13.8 Å². The molecule has 0 fully saturated rings. The number of Topliss-reactive ketones (excluding diaryl/α,β-unsaturated/α-hetero) is 1. The number of hydrogen-bond acceptors (Lipinski definition) is 3. The van der Waals surface area contributed by atoms with E-state index < -0.39 is 0 Å². The lowest BCUT2D eigenvalue weighted by Crippen LogP contribution is -1.96. The van der Waals surface area contributed by atoms with Gasteiger partial charge < -0.3 is 0 Å². The van der Waals surface area contributed by atoms with Crippen LogP contribution in [0.15, 0.2) is 18.6 Å². The van der Waals surface area contributed by atoms with Crippen LogP contribution in [0.25, 0.3) is 5.52 Å². The quantitative estimate of drug-likeness (QED) is 0.702. The first-order chi connectivity index (χ1) is 7.11. The Labute approximate surface area is 88.0 Å². The average molecular weight is 203 g/mol. The van der Waals surface area contributed by atoms with Crippen LogP contribution in [0.5, 0.6) is 0 Å². The number of carbonyl (C=O) groups excluding carboxylic acids is 1. The van der Waals surface area contributed by atoms with Crippen molar-refractivity contribution in [2.24, 2.45) is 0 Å². The van der Waals surface area contributed by atoms with E-state index in [0.29, 0.717) is 5.69 Å². The standard InChI is InChI=1S/C11H13N3O/c1-7(2)11-13-10(8(3)15)9-6-12-4-5-14(9)11/h4-7H,1-3H3. The summed E-state index contributed by atoms with van der Waals surface area (Å²) in [6.45, 7) is 5.64. The van der Waals surface area contributed by atoms with Gasteiger partial charge in [0, 0.05) is 25.2 Å². The van der Waals surface area contributed by atoms with Crippen molar-refractivity contribution in [3.63, 3.8) is 0 Å². The second-order valence-electron chi connectivity index (χ2n) is 3.86. The second kappa shape index (κ2) is 3.46. The van der Waals surface area contributed by atoms with Gasteiger partial charge in [0.25, 0.3) is 0 Å². The zero-order valence-electron chi connectivity index (χ0n) is 9.06. The normalized spacial score (nSPS) is 11.2. The van der Waals surface area contributed by atoms with Crippen molar-refractivity contribution in [2.75, 3.05) is 0 Å². The monoisotopic (exact) mass is 203 g/mol. The molecule has 2 aromatic heterocycles. The van der Waals surface area contributed by atoms with Gasteiger partial charge in [-0.25, -0.2) is 4.98 Å². The first-order valence-electron chi connectivity index (χ1n) is 4.94. The van der Waals surface area contributed by atoms with Crippen LogP contribution in [-0.4, -0.2) is 20.2 Å². The summed E-state index contributed by atoms with van der Waals surface area (Å²) in [6, 6.07) is 0. The summed E-state index contributed by atoms with van der Waals surface area (Å²) < 4.78 is 1.92. The molecule has 0 saturated heterocycles. The minimum absolute atomic E-state index is 0.0209. The molecule has 0 atom stereocenters. The molecule has 0 aliphatic rings. The van der Waals surface area contributed by atoms with Crippen LogP contribution in [-0.2, 0) is 0 Å². The van der Waals surface area contributed by atoms with Crippen molar-refractivity contribution in [3.05, 3.63) is 30.1 Å². The molecule has 2 heterocycles. The Morgan fingerprint density at radius 1 is 1.47 bits per heavy atom. The Morgan fingerprint density at radius 3 is 2.80 bits per heavy atom. The Bertz CT molecular complexity index is 514. The van der Waals surface area contributed by atoms with E-state index in [2.05, 4.69) is 23.8 Å². The largest absolute Gasteiger partial charge is 0.300 e. The fourth-order valence-corrected chi connectivity index (χ4v) is 1.63. The topological polar surface area (TPSA) is 47.3 Å². The highest BCUT2D eigenvalue weighted by molar-refractivity contribution is 5.98. The molecular weight excluding hydrogens is 190 g/mol. The first-order valence-corrected chi connectivity index (χ1v) is 4.94. The van der Waals surface area contributed by atoms with E-state index >= 15 is 0 Å². The van der Waals surface area contributed by atoms with Gasteiger partial charge in [-0.3, -0.25) is 14.2 Å². The molecule has 15 heavy (non-hydrogen) atoms. The third-order valence-electron chi connectivity index (χ3n) is 2.32. The van der Waals surface area contributed by atoms with Crippen LogP contribution in [0, 0.1) is 0 Å². The molecule has 0 unspecified atom stereocenters. The van der Waals surface area contributed by atoms with Crippen molar-refractivity contribution in [1.82, 2.24) is 14.4 Å². The summed E-state index contributed by atoms with van der Waals surface area (Å²) in [5.74, 6) is 1.16. The molecule has 0 aliphatic heterocycles. The highest BCUT2D eigenvalue weighted by Gasteiger charge is 2.15. The van der Waals surface area contributed by atoms with Gasteiger partial charge in [-0.05, 0) is 0 Å². The van der Waals surface area contributed by atoms with E-state index in [4.69, 9.17) is 0 Å². The number of fused-ring (bicyclic) bond motifs is 1. The number of ketones is 1. The first kappa shape index (κ1) is 9.83. The summed E-state index contributed by atoms with van der Waals surface area (Å²) >= 11 is 0. The van der Waals surface area contributed by atoms with E-state index in [-0.39, 0.29) is 11.7 Å². The third kappa shape index (κ3) is 1.52. The number of hydrogen-bond donors (Lipinski definition) is 0. The molecule has 4 nitrogen and oxygen atoms in total. The highest BCUT2D eigenvalue weighted by Crippen LogP contribution is 2.18. The summed E-state index contributed by atoms with van der Waals surface area (Å²) in [6.07, 6.45) is 5.21. The van der Waals surface area contributed by atoms with E-state index in [9.17, 15) is 4.79 Å². The van der Waals surface area contributed by atoms with Gasteiger partial charge in [0.1, 0.15) is 11.5 Å². The predicted molar refractivity (Wildman–Crippen MR) is 57.1 cm³/mol. The molecule has 4 heteroatoms. The molecule has 0 bridgehead atoms. The molecule has 0 N–H and O–H groups in total. The zero-order valence-corrected chi connectivity index (χ0v) is 9.06.